The van der Waals surface area contributed by atoms with Gasteiger partial charge in [-0.05, 0) is 60.7 Å². The van der Waals surface area contributed by atoms with E-state index in [1.165, 1.54) is 12.1 Å². The summed E-state index contributed by atoms with van der Waals surface area (Å²) in [6, 6.07) is 20.8. The van der Waals surface area contributed by atoms with Crippen LogP contribution in [0.3, 0.4) is 0 Å². The number of hydrogen-bond donors (Lipinski definition) is 5. The molecule has 3 aromatic carbocycles. The first-order chi connectivity index (χ1) is 15.8. The first-order valence-corrected chi connectivity index (χ1v) is 10.6. The SMILES string of the molecule is CC(=N)c1ccc(NC(=O)C(CCc2ccccc2)C(=O)NCc2ccc(O)c(O)c2)cc1. The molecule has 7 heteroatoms. The van der Waals surface area contributed by atoms with Gasteiger partial charge in [-0.3, -0.25) is 9.59 Å². The van der Waals surface area contributed by atoms with Crippen molar-refractivity contribution in [2.75, 3.05) is 5.32 Å². The Bertz CT molecular complexity index is 1130. The van der Waals surface area contributed by atoms with Gasteiger partial charge in [0.1, 0.15) is 5.92 Å². The van der Waals surface area contributed by atoms with Crippen molar-refractivity contribution in [1.82, 2.24) is 5.32 Å². The molecule has 0 aliphatic heterocycles. The molecule has 0 bridgehead atoms. The number of carbonyl (C=O) groups excluding carboxylic acids is 2. The molecule has 3 rings (SSSR count). The van der Waals surface area contributed by atoms with Crippen LogP contribution in [0.25, 0.3) is 0 Å². The third kappa shape index (κ3) is 6.67. The largest absolute Gasteiger partial charge is 0.504 e. The minimum atomic E-state index is -0.930. The highest BCUT2D eigenvalue weighted by molar-refractivity contribution is 6.06. The first-order valence-electron chi connectivity index (χ1n) is 10.6. The van der Waals surface area contributed by atoms with Gasteiger partial charge >= 0.3 is 0 Å². The van der Waals surface area contributed by atoms with E-state index in [9.17, 15) is 19.8 Å². The topological polar surface area (TPSA) is 123 Å². The standard InChI is InChI=1S/C26H27N3O4/c1-17(27)20-9-11-21(12-10-20)29-26(33)22(13-7-18-5-3-2-4-6-18)25(32)28-16-19-8-14-23(30)24(31)15-19/h2-6,8-12,14-15,22,27,30-31H,7,13,16H2,1H3,(H,28,32)(H,29,33). The van der Waals surface area contributed by atoms with Crippen LogP contribution < -0.4 is 10.6 Å². The van der Waals surface area contributed by atoms with Crippen LogP contribution in [0, 0.1) is 11.3 Å². The summed E-state index contributed by atoms with van der Waals surface area (Å²) in [6.45, 7) is 1.79. The number of hydrogen-bond acceptors (Lipinski definition) is 5. The lowest BCUT2D eigenvalue weighted by Gasteiger charge is -2.17. The number of amides is 2. The third-order valence-corrected chi connectivity index (χ3v) is 5.29. The highest BCUT2D eigenvalue weighted by atomic mass is 16.3. The van der Waals surface area contributed by atoms with E-state index in [4.69, 9.17) is 5.41 Å². The Morgan fingerprint density at radius 1 is 0.879 bits per heavy atom. The second kappa shape index (κ2) is 10.9. The predicted molar refractivity (Wildman–Crippen MR) is 127 cm³/mol. The molecule has 1 atom stereocenters. The Morgan fingerprint density at radius 3 is 2.21 bits per heavy atom. The number of aromatic hydroxyl groups is 2. The van der Waals surface area contributed by atoms with Gasteiger partial charge in [-0.1, -0.05) is 48.5 Å². The van der Waals surface area contributed by atoms with Gasteiger partial charge in [-0.25, -0.2) is 0 Å². The fourth-order valence-electron chi connectivity index (χ4n) is 3.36. The van der Waals surface area contributed by atoms with E-state index in [1.807, 2.05) is 30.3 Å². The van der Waals surface area contributed by atoms with Gasteiger partial charge in [-0.2, -0.15) is 0 Å². The van der Waals surface area contributed by atoms with Crippen LogP contribution in [0.15, 0.2) is 72.8 Å². The van der Waals surface area contributed by atoms with Crippen LogP contribution in [-0.4, -0.2) is 27.7 Å². The van der Waals surface area contributed by atoms with Gasteiger partial charge < -0.3 is 26.3 Å². The fourth-order valence-corrected chi connectivity index (χ4v) is 3.36. The number of nitrogens with one attached hydrogen (secondary N) is 3. The predicted octanol–water partition coefficient (Wildman–Crippen LogP) is 3.99. The van der Waals surface area contributed by atoms with Crippen molar-refractivity contribution in [3.8, 4) is 11.5 Å². The Balaban J connectivity index is 1.70. The van der Waals surface area contributed by atoms with E-state index in [-0.39, 0.29) is 18.0 Å². The number of anilines is 1. The van der Waals surface area contributed by atoms with Crippen LogP contribution in [0.5, 0.6) is 11.5 Å². The number of carbonyl (C=O) groups is 2. The Kier molecular flexibility index (Phi) is 7.81. The van der Waals surface area contributed by atoms with Crippen molar-refractivity contribution in [2.45, 2.75) is 26.3 Å². The molecule has 0 saturated carbocycles. The summed E-state index contributed by atoms with van der Waals surface area (Å²) < 4.78 is 0. The highest BCUT2D eigenvalue weighted by Crippen LogP contribution is 2.25. The molecule has 0 saturated heterocycles. The maximum Gasteiger partial charge on any atom is 0.236 e. The quantitative estimate of drug-likeness (QED) is 0.194. The average molecular weight is 446 g/mol. The van der Waals surface area contributed by atoms with E-state index in [0.29, 0.717) is 29.8 Å². The molecule has 0 aliphatic rings. The lowest BCUT2D eigenvalue weighted by molar-refractivity contribution is -0.132. The number of rotatable bonds is 9. The van der Waals surface area contributed by atoms with Gasteiger partial charge in [0, 0.05) is 17.9 Å². The smallest absolute Gasteiger partial charge is 0.236 e. The zero-order valence-corrected chi connectivity index (χ0v) is 18.3. The van der Waals surface area contributed by atoms with Crippen molar-refractivity contribution >= 4 is 23.2 Å². The molecule has 0 radical (unpaired) electrons. The van der Waals surface area contributed by atoms with Gasteiger partial charge in [0.15, 0.2) is 11.5 Å². The molecule has 1 unspecified atom stereocenters. The van der Waals surface area contributed by atoms with E-state index in [0.717, 1.165) is 11.1 Å². The highest BCUT2D eigenvalue weighted by Gasteiger charge is 2.26. The van der Waals surface area contributed by atoms with E-state index < -0.39 is 17.7 Å². The monoisotopic (exact) mass is 445 g/mol. The summed E-state index contributed by atoms with van der Waals surface area (Å²) >= 11 is 0. The summed E-state index contributed by atoms with van der Waals surface area (Å²) in [5.74, 6) is -2.29. The van der Waals surface area contributed by atoms with E-state index in [2.05, 4.69) is 10.6 Å². The van der Waals surface area contributed by atoms with E-state index in [1.54, 1.807) is 37.3 Å². The maximum absolute atomic E-state index is 13.0. The molecule has 5 N–H and O–H groups in total. The summed E-state index contributed by atoms with van der Waals surface area (Å²) in [5, 5.41) is 32.3. The first kappa shape index (κ1) is 23.5. The molecule has 0 fully saturated rings. The molecule has 7 nitrogen and oxygen atoms in total. The second-order valence-electron chi connectivity index (χ2n) is 7.81. The number of benzene rings is 3. The zero-order chi connectivity index (χ0) is 23.8. The summed E-state index contributed by atoms with van der Waals surface area (Å²) in [6.07, 6.45) is 0.873. The summed E-state index contributed by atoms with van der Waals surface area (Å²) in [7, 11) is 0. The van der Waals surface area contributed by atoms with Crippen molar-refractivity contribution in [1.29, 1.82) is 5.41 Å². The van der Waals surface area contributed by atoms with Crippen molar-refractivity contribution in [3.63, 3.8) is 0 Å². The Morgan fingerprint density at radius 2 is 1.58 bits per heavy atom. The minimum absolute atomic E-state index is 0.106. The molecule has 0 aromatic heterocycles. The minimum Gasteiger partial charge on any atom is -0.504 e. The molecular weight excluding hydrogens is 418 g/mol. The lowest BCUT2D eigenvalue weighted by Crippen LogP contribution is -2.38. The lowest BCUT2D eigenvalue weighted by atomic mass is 9.97. The van der Waals surface area contributed by atoms with Crippen LogP contribution in [0.2, 0.25) is 0 Å². The molecule has 0 spiro atoms. The number of aryl methyl sites for hydroxylation is 1. The van der Waals surface area contributed by atoms with Gasteiger partial charge in [0.2, 0.25) is 11.8 Å². The van der Waals surface area contributed by atoms with Crippen LogP contribution >= 0.6 is 0 Å². The van der Waals surface area contributed by atoms with Crippen molar-refractivity contribution < 1.29 is 19.8 Å². The van der Waals surface area contributed by atoms with Gasteiger partial charge in [0.05, 0.1) is 0 Å². The van der Waals surface area contributed by atoms with Crippen molar-refractivity contribution in [2.24, 2.45) is 5.92 Å². The molecule has 0 heterocycles. The summed E-state index contributed by atoms with van der Waals surface area (Å²) in [5.41, 5.74) is 3.35. The number of phenolic OH excluding ortho intramolecular Hbond substituents is 2. The van der Waals surface area contributed by atoms with E-state index >= 15 is 0 Å². The Labute approximate surface area is 192 Å². The Hall–Kier alpha value is -4.13. The van der Waals surface area contributed by atoms with Crippen LogP contribution in [-0.2, 0) is 22.6 Å². The van der Waals surface area contributed by atoms with Crippen LogP contribution in [0.1, 0.15) is 30.0 Å². The normalized spacial score (nSPS) is 11.4. The van der Waals surface area contributed by atoms with Crippen LogP contribution in [0.4, 0.5) is 5.69 Å². The molecular formula is C26H27N3O4. The maximum atomic E-state index is 13.0. The molecule has 3 aromatic rings. The molecule has 2 amide bonds. The third-order valence-electron chi connectivity index (χ3n) is 5.29. The zero-order valence-electron chi connectivity index (χ0n) is 18.3. The van der Waals surface area contributed by atoms with Gasteiger partial charge in [0.25, 0.3) is 0 Å². The second-order valence-corrected chi connectivity index (χ2v) is 7.81. The van der Waals surface area contributed by atoms with Gasteiger partial charge in [-0.15, -0.1) is 0 Å². The summed E-state index contributed by atoms with van der Waals surface area (Å²) in [4.78, 5) is 26.0. The fraction of sp³-hybridized carbons (Fsp3) is 0.192. The average Bonchev–Trinajstić information content (AvgIpc) is 2.81. The molecule has 170 valence electrons. The molecule has 0 aliphatic carbocycles. The molecule has 33 heavy (non-hydrogen) atoms. The van der Waals surface area contributed by atoms with Crippen molar-refractivity contribution in [3.05, 3.63) is 89.5 Å². The number of phenols is 2.